The summed E-state index contributed by atoms with van der Waals surface area (Å²) in [6, 6.07) is 16.2. The molecule has 3 atom stereocenters. The summed E-state index contributed by atoms with van der Waals surface area (Å²) in [5, 5.41) is 29.9. The van der Waals surface area contributed by atoms with Crippen molar-refractivity contribution >= 4 is 0 Å². The highest BCUT2D eigenvalue weighted by molar-refractivity contribution is 5.59. The lowest BCUT2D eigenvalue weighted by atomic mass is 9.54. The van der Waals surface area contributed by atoms with Crippen molar-refractivity contribution in [3.05, 3.63) is 58.8 Å². The van der Waals surface area contributed by atoms with E-state index in [0.29, 0.717) is 11.5 Å². The molecule has 0 amide bonds. The molecule has 2 aliphatic carbocycles. The van der Waals surface area contributed by atoms with Gasteiger partial charge < -0.3 is 5.73 Å². The van der Waals surface area contributed by atoms with E-state index in [9.17, 15) is 15.8 Å². The molecule has 1 aromatic rings. The first-order chi connectivity index (χ1) is 12.8. The fourth-order valence-electron chi connectivity index (χ4n) is 4.63. The second kappa shape index (κ2) is 6.61. The van der Waals surface area contributed by atoms with Crippen molar-refractivity contribution in [3.8, 4) is 18.2 Å². The Morgan fingerprint density at radius 1 is 1.07 bits per heavy atom. The molecule has 27 heavy (non-hydrogen) atoms. The number of nitrogens with two attached hydrogens (primary N) is 1. The Balaban J connectivity index is 2.29. The standard InChI is InChI=1S/C23H24N4/c1-22(2,3)16-9-10-17-18(11-16)20(15-7-5-4-6-8-15)23(13-25,14-26)21(27)19(17)12-24/h4-8,10,16,18,20H,9,11,27H2,1-3H3/t16-,18+,20-/m0/s1. The number of nitriles is 3. The zero-order valence-electron chi connectivity index (χ0n) is 16.0. The average Bonchev–Trinajstić information content (AvgIpc) is 2.67. The third-order valence-electron chi connectivity index (χ3n) is 6.26. The number of benzene rings is 1. The van der Waals surface area contributed by atoms with Gasteiger partial charge in [-0.2, -0.15) is 15.8 Å². The average molecular weight is 356 g/mol. The lowest BCUT2D eigenvalue weighted by Crippen LogP contribution is -2.44. The maximum atomic E-state index is 10.1. The van der Waals surface area contributed by atoms with E-state index in [2.05, 4.69) is 45.1 Å². The first-order valence-electron chi connectivity index (χ1n) is 9.28. The summed E-state index contributed by atoms with van der Waals surface area (Å²) < 4.78 is 0. The summed E-state index contributed by atoms with van der Waals surface area (Å²) in [4.78, 5) is 0. The van der Waals surface area contributed by atoms with E-state index in [-0.39, 0.29) is 22.9 Å². The van der Waals surface area contributed by atoms with Crippen molar-refractivity contribution < 1.29 is 0 Å². The zero-order chi connectivity index (χ0) is 19.8. The highest BCUT2D eigenvalue weighted by Crippen LogP contribution is 2.57. The molecule has 1 aromatic carbocycles. The van der Waals surface area contributed by atoms with E-state index in [1.165, 1.54) is 0 Å². The molecule has 0 heterocycles. The number of hydrogen-bond donors (Lipinski definition) is 1. The minimum absolute atomic E-state index is 0.0772. The summed E-state index contributed by atoms with van der Waals surface area (Å²) >= 11 is 0. The minimum atomic E-state index is -1.53. The number of fused-ring (bicyclic) bond motifs is 1. The summed E-state index contributed by atoms with van der Waals surface area (Å²) in [5.41, 5.74) is 7.13. The van der Waals surface area contributed by atoms with Crippen molar-refractivity contribution in [3.63, 3.8) is 0 Å². The third-order valence-corrected chi connectivity index (χ3v) is 6.26. The van der Waals surface area contributed by atoms with Crippen molar-refractivity contribution in [2.75, 3.05) is 0 Å². The maximum Gasteiger partial charge on any atom is 0.191 e. The van der Waals surface area contributed by atoms with E-state index < -0.39 is 5.41 Å². The van der Waals surface area contributed by atoms with Crippen molar-refractivity contribution in [2.24, 2.45) is 28.4 Å². The Kier molecular flexibility index (Phi) is 4.59. The highest BCUT2D eigenvalue weighted by atomic mass is 14.7. The Labute approximate surface area is 161 Å². The van der Waals surface area contributed by atoms with Gasteiger partial charge in [-0.3, -0.25) is 0 Å². The molecule has 2 N–H and O–H groups in total. The number of nitrogens with zero attached hydrogens (tertiary/aromatic N) is 3. The van der Waals surface area contributed by atoms with Crippen molar-refractivity contribution in [2.45, 2.75) is 39.5 Å². The van der Waals surface area contributed by atoms with Crippen LogP contribution in [0.1, 0.15) is 45.1 Å². The SMILES string of the molecule is CC(C)(C)[C@H]1CC=C2C(C#N)=C(N)C(C#N)(C#N)[C@@H](c3ccccc3)[C@@H]2C1. The van der Waals surface area contributed by atoms with Gasteiger partial charge >= 0.3 is 0 Å². The van der Waals surface area contributed by atoms with Gasteiger partial charge in [-0.05, 0) is 41.2 Å². The van der Waals surface area contributed by atoms with E-state index in [1.807, 2.05) is 30.3 Å². The van der Waals surface area contributed by atoms with Crippen LogP contribution in [0.25, 0.3) is 0 Å². The van der Waals surface area contributed by atoms with Crippen LogP contribution < -0.4 is 5.73 Å². The van der Waals surface area contributed by atoms with Gasteiger partial charge in [-0.15, -0.1) is 0 Å². The van der Waals surface area contributed by atoms with Crippen LogP contribution in [-0.2, 0) is 0 Å². The van der Waals surface area contributed by atoms with Crippen LogP contribution in [0.4, 0.5) is 0 Å². The van der Waals surface area contributed by atoms with Crippen LogP contribution in [0.2, 0.25) is 0 Å². The third kappa shape index (κ3) is 2.81. The highest BCUT2D eigenvalue weighted by Gasteiger charge is 2.54. The Hall–Kier alpha value is -3.03. The van der Waals surface area contributed by atoms with Crippen LogP contribution >= 0.6 is 0 Å². The topological polar surface area (TPSA) is 97.4 Å². The summed E-state index contributed by atoms with van der Waals surface area (Å²) in [5.74, 6) is -0.0550. The van der Waals surface area contributed by atoms with Crippen LogP contribution in [0.15, 0.2) is 53.3 Å². The summed E-state index contributed by atoms with van der Waals surface area (Å²) in [6.45, 7) is 6.65. The molecule has 0 unspecified atom stereocenters. The Morgan fingerprint density at radius 2 is 1.70 bits per heavy atom. The molecular weight excluding hydrogens is 332 g/mol. The first kappa shape index (κ1) is 18.8. The molecule has 3 rings (SSSR count). The smallest absolute Gasteiger partial charge is 0.191 e. The van der Waals surface area contributed by atoms with Crippen molar-refractivity contribution in [1.82, 2.24) is 0 Å². The van der Waals surface area contributed by atoms with Crippen LogP contribution in [0.5, 0.6) is 0 Å². The normalized spacial score (nSPS) is 26.8. The second-order valence-electron chi connectivity index (χ2n) is 8.62. The molecule has 0 radical (unpaired) electrons. The second-order valence-corrected chi connectivity index (χ2v) is 8.62. The van der Waals surface area contributed by atoms with Crippen LogP contribution in [0, 0.1) is 56.7 Å². The number of allylic oxidation sites excluding steroid dienone is 4. The Bertz CT molecular complexity index is 912. The lowest BCUT2D eigenvalue weighted by Gasteiger charge is -2.47. The van der Waals surface area contributed by atoms with E-state index >= 15 is 0 Å². The van der Waals surface area contributed by atoms with E-state index in [0.717, 1.165) is 24.0 Å². The fraction of sp³-hybridized carbons (Fsp3) is 0.435. The van der Waals surface area contributed by atoms with Gasteiger partial charge in [0.05, 0.1) is 23.4 Å². The van der Waals surface area contributed by atoms with Gasteiger partial charge in [0.2, 0.25) is 0 Å². The number of rotatable bonds is 1. The molecule has 0 bridgehead atoms. The van der Waals surface area contributed by atoms with E-state index in [4.69, 9.17) is 5.73 Å². The molecule has 0 aromatic heterocycles. The number of hydrogen-bond acceptors (Lipinski definition) is 4. The fourth-order valence-corrected chi connectivity index (χ4v) is 4.63. The molecule has 0 saturated heterocycles. The predicted octanol–water partition coefficient (Wildman–Crippen LogP) is 4.55. The first-order valence-corrected chi connectivity index (χ1v) is 9.28. The molecule has 4 heteroatoms. The van der Waals surface area contributed by atoms with Gasteiger partial charge in [0.25, 0.3) is 0 Å². The maximum absolute atomic E-state index is 10.1. The largest absolute Gasteiger partial charge is 0.399 e. The van der Waals surface area contributed by atoms with Gasteiger partial charge in [0.1, 0.15) is 6.07 Å². The van der Waals surface area contributed by atoms with Crippen molar-refractivity contribution in [1.29, 1.82) is 15.8 Å². The molecule has 0 saturated carbocycles. The molecule has 0 aliphatic heterocycles. The van der Waals surface area contributed by atoms with Crippen LogP contribution in [-0.4, -0.2) is 0 Å². The monoisotopic (exact) mass is 356 g/mol. The van der Waals surface area contributed by atoms with Gasteiger partial charge in [-0.25, -0.2) is 0 Å². The minimum Gasteiger partial charge on any atom is -0.399 e. The Morgan fingerprint density at radius 3 is 2.22 bits per heavy atom. The van der Waals surface area contributed by atoms with Gasteiger partial charge in [0.15, 0.2) is 5.41 Å². The molecule has 4 nitrogen and oxygen atoms in total. The molecule has 136 valence electrons. The van der Waals surface area contributed by atoms with Gasteiger partial charge in [0, 0.05) is 5.92 Å². The summed E-state index contributed by atoms with van der Waals surface area (Å²) in [7, 11) is 0. The van der Waals surface area contributed by atoms with Crippen LogP contribution in [0.3, 0.4) is 0 Å². The molecular formula is C23H24N4. The quantitative estimate of drug-likeness (QED) is 0.798. The predicted molar refractivity (Wildman–Crippen MR) is 103 cm³/mol. The van der Waals surface area contributed by atoms with Gasteiger partial charge in [-0.1, -0.05) is 57.2 Å². The molecule has 0 spiro atoms. The lowest BCUT2D eigenvalue weighted by molar-refractivity contribution is 0.170. The van der Waals surface area contributed by atoms with E-state index in [1.54, 1.807) is 0 Å². The summed E-state index contributed by atoms with van der Waals surface area (Å²) in [6.07, 6.45) is 3.82. The molecule has 2 aliphatic rings. The molecule has 0 fully saturated rings. The zero-order valence-corrected chi connectivity index (χ0v) is 16.0.